The minimum Gasteiger partial charge on any atom is -0.497 e. The molecule has 0 aromatic heterocycles. The molecule has 0 aliphatic carbocycles. The Bertz CT molecular complexity index is 752. The van der Waals surface area contributed by atoms with E-state index in [4.69, 9.17) is 15.3 Å². The van der Waals surface area contributed by atoms with Crippen molar-refractivity contribution >= 4 is 17.6 Å². The molecular weight excluding hydrogens is 336 g/mol. The summed E-state index contributed by atoms with van der Waals surface area (Å²) in [6.45, 7) is 0. The summed E-state index contributed by atoms with van der Waals surface area (Å²) in [6, 6.07) is 12.9. The fourth-order valence-corrected chi connectivity index (χ4v) is 2.38. The number of hydrogen-bond acceptors (Lipinski definition) is 5. The van der Waals surface area contributed by atoms with E-state index in [9.17, 15) is 9.59 Å². The van der Waals surface area contributed by atoms with Crippen LogP contribution in [-0.2, 0) is 11.2 Å². The Kier molecular flexibility index (Phi) is 6.81. The zero-order valence-electron chi connectivity index (χ0n) is 14.6. The predicted octanol–water partition coefficient (Wildman–Crippen LogP) is 1.43. The number of nitrogens with two attached hydrogens (primary N) is 1. The molecule has 2 aromatic carbocycles. The Balaban J connectivity index is 2.08. The van der Waals surface area contributed by atoms with Crippen LogP contribution in [0.15, 0.2) is 48.5 Å². The van der Waals surface area contributed by atoms with E-state index >= 15 is 0 Å². The topological polar surface area (TPSA) is 115 Å². The number of anilines is 1. The van der Waals surface area contributed by atoms with E-state index < -0.39 is 18.0 Å². The lowest BCUT2D eigenvalue weighted by atomic mass is 10.1. The summed E-state index contributed by atoms with van der Waals surface area (Å²) >= 11 is 0. The first-order valence-electron chi connectivity index (χ1n) is 7.91. The minimum absolute atomic E-state index is 0.303. The van der Waals surface area contributed by atoms with Crippen LogP contribution in [0.2, 0.25) is 0 Å². The summed E-state index contributed by atoms with van der Waals surface area (Å²) in [7, 11) is 3.02. The average molecular weight is 358 g/mol. The number of carbonyl (C=O) groups is 2. The molecular formula is C18H22N4O4. The molecule has 8 heteroatoms. The van der Waals surface area contributed by atoms with E-state index in [2.05, 4.69) is 16.1 Å². The molecule has 8 nitrogen and oxygen atoms in total. The Hall–Kier alpha value is -3.26. The molecule has 1 atom stereocenters. The summed E-state index contributed by atoms with van der Waals surface area (Å²) in [5, 5.41) is 5.27. The van der Waals surface area contributed by atoms with Crippen LogP contribution in [0.3, 0.4) is 0 Å². The first-order chi connectivity index (χ1) is 12.6. The highest BCUT2D eigenvalue weighted by molar-refractivity contribution is 5.94. The third kappa shape index (κ3) is 5.12. The molecule has 2 aromatic rings. The van der Waals surface area contributed by atoms with Gasteiger partial charge in [0.05, 0.1) is 19.9 Å². The van der Waals surface area contributed by atoms with Gasteiger partial charge >= 0.3 is 6.03 Å². The van der Waals surface area contributed by atoms with Gasteiger partial charge in [-0.2, -0.15) is 0 Å². The second kappa shape index (κ2) is 9.28. The second-order valence-corrected chi connectivity index (χ2v) is 5.42. The highest BCUT2D eigenvalue weighted by Crippen LogP contribution is 2.28. The van der Waals surface area contributed by atoms with E-state index in [1.54, 1.807) is 18.2 Å². The van der Waals surface area contributed by atoms with E-state index in [1.165, 1.54) is 14.2 Å². The average Bonchev–Trinajstić information content (AvgIpc) is 2.67. The van der Waals surface area contributed by atoms with Crippen molar-refractivity contribution in [1.82, 2.24) is 10.7 Å². The largest absolute Gasteiger partial charge is 0.497 e. The smallest absolute Gasteiger partial charge is 0.320 e. The van der Waals surface area contributed by atoms with Crippen molar-refractivity contribution in [3.8, 4) is 11.5 Å². The molecule has 0 saturated carbocycles. The molecule has 0 spiro atoms. The number of hydrogen-bond donors (Lipinski definition) is 4. The van der Waals surface area contributed by atoms with Crippen molar-refractivity contribution in [2.24, 2.45) is 5.84 Å². The number of nitrogens with one attached hydrogen (secondary N) is 3. The van der Waals surface area contributed by atoms with Gasteiger partial charge in [-0.25, -0.2) is 10.6 Å². The van der Waals surface area contributed by atoms with Crippen LogP contribution < -0.4 is 31.4 Å². The number of methoxy groups -OCH3 is 2. The number of hydrazine groups is 1. The standard InChI is InChI=1S/C18H22N4O4/c1-25-13-8-9-14(16(11-13)26-2)20-18(24)21-15(17(23)22-19)10-12-6-4-3-5-7-12/h3-9,11,15H,10,19H2,1-2H3,(H,22,23)(H2,20,21,24)/t15-/m0/s1. The Morgan fingerprint density at radius 3 is 2.42 bits per heavy atom. The number of ether oxygens (including phenoxy) is 2. The molecule has 0 unspecified atom stereocenters. The Morgan fingerprint density at radius 1 is 1.08 bits per heavy atom. The van der Waals surface area contributed by atoms with Crippen LogP contribution in [0.5, 0.6) is 11.5 Å². The number of rotatable bonds is 7. The molecule has 0 aliphatic rings. The van der Waals surface area contributed by atoms with Crippen LogP contribution in [-0.4, -0.2) is 32.2 Å². The fourth-order valence-electron chi connectivity index (χ4n) is 2.38. The van der Waals surface area contributed by atoms with E-state index in [-0.39, 0.29) is 0 Å². The van der Waals surface area contributed by atoms with Gasteiger partial charge in [-0.15, -0.1) is 0 Å². The summed E-state index contributed by atoms with van der Waals surface area (Å²) in [6.07, 6.45) is 0.303. The monoisotopic (exact) mass is 358 g/mol. The van der Waals surface area contributed by atoms with Crippen molar-refractivity contribution in [1.29, 1.82) is 0 Å². The van der Waals surface area contributed by atoms with E-state index in [0.29, 0.717) is 23.6 Å². The Morgan fingerprint density at radius 2 is 1.81 bits per heavy atom. The van der Waals surface area contributed by atoms with Crippen molar-refractivity contribution in [3.05, 3.63) is 54.1 Å². The molecule has 138 valence electrons. The highest BCUT2D eigenvalue weighted by Gasteiger charge is 2.21. The quantitative estimate of drug-likeness (QED) is 0.340. The lowest BCUT2D eigenvalue weighted by Crippen LogP contribution is -2.51. The van der Waals surface area contributed by atoms with Crippen molar-refractivity contribution in [2.75, 3.05) is 19.5 Å². The van der Waals surface area contributed by atoms with Gasteiger partial charge in [0.25, 0.3) is 5.91 Å². The maximum absolute atomic E-state index is 12.3. The third-order valence-corrected chi connectivity index (χ3v) is 3.70. The molecule has 5 N–H and O–H groups in total. The molecule has 0 aliphatic heterocycles. The van der Waals surface area contributed by atoms with Crippen LogP contribution in [0.25, 0.3) is 0 Å². The summed E-state index contributed by atoms with van der Waals surface area (Å²) < 4.78 is 10.4. The SMILES string of the molecule is COc1ccc(NC(=O)N[C@@H](Cc2ccccc2)C(=O)NN)c(OC)c1. The van der Waals surface area contributed by atoms with Gasteiger partial charge in [0.2, 0.25) is 0 Å². The maximum Gasteiger partial charge on any atom is 0.320 e. The maximum atomic E-state index is 12.3. The van der Waals surface area contributed by atoms with Crippen LogP contribution in [0, 0.1) is 0 Å². The lowest BCUT2D eigenvalue weighted by molar-refractivity contribution is -0.122. The summed E-state index contributed by atoms with van der Waals surface area (Å²) in [4.78, 5) is 24.3. The van der Waals surface area contributed by atoms with Gasteiger partial charge in [0, 0.05) is 12.5 Å². The van der Waals surface area contributed by atoms with Gasteiger partial charge in [0.1, 0.15) is 17.5 Å². The normalized spacial score (nSPS) is 11.2. The third-order valence-electron chi connectivity index (χ3n) is 3.70. The van der Waals surface area contributed by atoms with Gasteiger partial charge in [0.15, 0.2) is 0 Å². The van der Waals surface area contributed by atoms with Crippen molar-refractivity contribution in [3.63, 3.8) is 0 Å². The van der Waals surface area contributed by atoms with Gasteiger partial charge in [-0.1, -0.05) is 30.3 Å². The van der Waals surface area contributed by atoms with Crippen molar-refractivity contribution in [2.45, 2.75) is 12.5 Å². The van der Waals surface area contributed by atoms with Crippen LogP contribution >= 0.6 is 0 Å². The second-order valence-electron chi connectivity index (χ2n) is 5.42. The van der Waals surface area contributed by atoms with Crippen LogP contribution in [0.1, 0.15) is 5.56 Å². The Labute approximate surface area is 151 Å². The molecule has 0 radical (unpaired) electrons. The van der Waals surface area contributed by atoms with Gasteiger partial charge < -0.3 is 20.1 Å². The highest BCUT2D eigenvalue weighted by atomic mass is 16.5. The van der Waals surface area contributed by atoms with Crippen LogP contribution in [0.4, 0.5) is 10.5 Å². The van der Waals surface area contributed by atoms with Gasteiger partial charge in [-0.3, -0.25) is 10.2 Å². The molecule has 3 amide bonds. The molecule has 0 fully saturated rings. The molecule has 2 rings (SSSR count). The number of amides is 3. The van der Waals surface area contributed by atoms with E-state index in [1.807, 2.05) is 30.3 Å². The van der Waals surface area contributed by atoms with Crippen molar-refractivity contribution < 1.29 is 19.1 Å². The van der Waals surface area contributed by atoms with E-state index in [0.717, 1.165) is 5.56 Å². The fraction of sp³-hybridized carbons (Fsp3) is 0.222. The predicted molar refractivity (Wildman–Crippen MR) is 98.0 cm³/mol. The lowest BCUT2D eigenvalue weighted by Gasteiger charge is -2.18. The first kappa shape index (κ1) is 19.1. The number of benzene rings is 2. The molecule has 0 bridgehead atoms. The minimum atomic E-state index is -0.827. The summed E-state index contributed by atoms with van der Waals surface area (Å²) in [5.74, 6) is 5.76. The molecule has 0 heterocycles. The zero-order chi connectivity index (χ0) is 18.9. The molecule has 0 saturated heterocycles. The first-order valence-corrected chi connectivity index (χ1v) is 7.91. The summed E-state index contributed by atoms with van der Waals surface area (Å²) in [5.41, 5.74) is 3.40. The van der Waals surface area contributed by atoms with Gasteiger partial charge in [-0.05, 0) is 17.7 Å². The zero-order valence-corrected chi connectivity index (χ0v) is 14.6. The number of urea groups is 1. The molecule has 26 heavy (non-hydrogen) atoms. The number of carbonyl (C=O) groups excluding carboxylic acids is 2.